The van der Waals surface area contributed by atoms with Crippen LogP contribution in [0.1, 0.15) is 0 Å². The lowest BCUT2D eigenvalue weighted by molar-refractivity contribution is -0.148. The number of nitrogens with one attached hydrogen (secondary N) is 2. The third kappa shape index (κ3) is 5.39. The van der Waals surface area contributed by atoms with Gasteiger partial charge in [-0.2, -0.15) is 0 Å². The van der Waals surface area contributed by atoms with Crippen molar-refractivity contribution in [3.63, 3.8) is 0 Å². The van der Waals surface area contributed by atoms with Crippen molar-refractivity contribution in [3.05, 3.63) is 0 Å². The van der Waals surface area contributed by atoms with Crippen LogP contribution in [0, 0.1) is 0 Å². The molecule has 0 aromatic carbocycles. The van der Waals surface area contributed by atoms with Gasteiger partial charge in [0.15, 0.2) is 6.10 Å². The van der Waals surface area contributed by atoms with Crippen molar-refractivity contribution >= 4 is 5.91 Å². The highest BCUT2D eigenvalue weighted by Gasteiger charge is 2.33. The summed E-state index contributed by atoms with van der Waals surface area (Å²) >= 11 is 0. The molecule has 0 fully saturated rings. The minimum Gasteiger partial charge on any atom is -0.394 e. The zero-order chi connectivity index (χ0) is 13.4. The van der Waals surface area contributed by atoms with Crippen LogP contribution in [0.3, 0.4) is 0 Å². The van der Waals surface area contributed by atoms with Crippen molar-refractivity contribution in [2.45, 2.75) is 24.4 Å². The number of aliphatic hydroxyl groups excluding tert-OH is 5. The van der Waals surface area contributed by atoms with Crippen LogP contribution in [0.4, 0.5) is 0 Å². The molecule has 0 radical (unpaired) electrons. The van der Waals surface area contributed by atoms with Crippen LogP contribution < -0.4 is 10.6 Å². The van der Waals surface area contributed by atoms with E-state index in [2.05, 4.69) is 10.6 Å². The van der Waals surface area contributed by atoms with Gasteiger partial charge in [0, 0.05) is 13.1 Å². The van der Waals surface area contributed by atoms with Gasteiger partial charge in [0.05, 0.1) is 6.61 Å². The Morgan fingerprint density at radius 2 is 1.71 bits per heavy atom. The predicted octanol–water partition coefficient (Wildman–Crippen LogP) is -4.24. The van der Waals surface area contributed by atoms with E-state index in [0.29, 0.717) is 6.54 Å². The molecule has 0 spiro atoms. The van der Waals surface area contributed by atoms with Gasteiger partial charge in [-0.25, -0.2) is 0 Å². The van der Waals surface area contributed by atoms with Crippen molar-refractivity contribution in [3.8, 4) is 0 Å². The Labute approximate surface area is 98.9 Å². The second kappa shape index (κ2) is 8.34. The Bertz CT molecular complexity index is 228. The van der Waals surface area contributed by atoms with Crippen LogP contribution in [-0.2, 0) is 4.79 Å². The van der Waals surface area contributed by atoms with Gasteiger partial charge in [0.2, 0.25) is 0 Å². The predicted molar refractivity (Wildman–Crippen MR) is 58.0 cm³/mol. The standard InChI is InChI=1S/C9H20N2O6/c1-10-2-3-11-9(17)8(16)7(15)6(14)5(13)4-12/h5-8,10,12-16H,2-4H2,1H3,(H,11,17)/t5-,6-,7+,8-/m1/s1. The topological polar surface area (TPSA) is 142 Å². The van der Waals surface area contributed by atoms with Crippen LogP contribution in [0.5, 0.6) is 0 Å². The third-order valence-corrected chi connectivity index (χ3v) is 2.20. The highest BCUT2D eigenvalue weighted by Crippen LogP contribution is 2.05. The molecular weight excluding hydrogens is 232 g/mol. The summed E-state index contributed by atoms with van der Waals surface area (Å²) in [6.07, 6.45) is -7.16. The van der Waals surface area contributed by atoms with E-state index < -0.39 is 36.9 Å². The number of likely N-dealkylation sites (N-methyl/N-ethyl adjacent to an activating group) is 1. The second-order valence-electron chi connectivity index (χ2n) is 3.57. The summed E-state index contributed by atoms with van der Waals surface area (Å²) in [7, 11) is 1.68. The lowest BCUT2D eigenvalue weighted by Crippen LogP contribution is -2.52. The van der Waals surface area contributed by atoms with Crippen molar-refractivity contribution < 1.29 is 30.3 Å². The number of carbonyl (C=O) groups excluding carboxylic acids is 1. The zero-order valence-electron chi connectivity index (χ0n) is 9.58. The number of hydrogen-bond acceptors (Lipinski definition) is 7. The summed E-state index contributed by atoms with van der Waals surface area (Å²) in [4.78, 5) is 11.3. The average molecular weight is 252 g/mol. The molecule has 0 aliphatic heterocycles. The number of hydrogen-bond donors (Lipinski definition) is 7. The molecule has 0 saturated carbocycles. The van der Waals surface area contributed by atoms with E-state index in [0.717, 1.165) is 0 Å². The third-order valence-electron chi connectivity index (χ3n) is 2.20. The van der Waals surface area contributed by atoms with Gasteiger partial charge in [-0.3, -0.25) is 4.79 Å². The number of aliphatic hydroxyl groups is 5. The van der Waals surface area contributed by atoms with Gasteiger partial charge in [-0.05, 0) is 7.05 Å². The first-order valence-corrected chi connectivity index (χ1v) is 5.21. The number of rotatable bonds is 8. The first kappa shape index (κ1) is 16.2. The molecule has 0 saturated heterocycles. The first-order valence-electron chi connectivity index (χ1n) is 5.21. The van der Waals surface area contributed by atoms with Gasteiger partial charge < -0.3 is 36.2 Å². The monoisotopic (exact) mass is 252 g/mol. The quantitative estimate of drug-likeness (QED) is 0.217. The fraction of sp³-hybridized carbons (Fsp3) is 0.889. The van der Waals surface area contributed by atoms with E-state index in [9.17, 15) is 20.1 Å². The van der Waals surface area contributed by atoms with E-state index >= 15 is 0 Å². The summed E-state index contributed by atoms with van der Waals surface area (Å²) in [6.45, 7) is -0.0551. The largest absolute Gasteiger partial charge is 0.394 e. The molecule has 8 heteroatoms. The van der Waals surface area contributed by atoms with Crippen LogP contribution >= 0.6 is 0 Å². The van der Waals surface area contributed by atoms with Gasteiger partial charge in [0.1, 0.15) is 18.3 Å². The summed E-state index contributed by atoms with van der Waals surface area (Å²) in [5.41, 5.74) is 0. The lowest BCUT2D eigenvalue weighted by Gasteiger charge is -2.24. The molecule has 0 heterocycles. The van der Waals surface area contributed by atoms with Crippen LogP contribution in [-0.4, -0.2) is 82.6 Å². The minimum absolute atomic E-state index is 0.248. The number of amides is 1. The molecule has 7 N–H and O–H groups in total. The Hall–Kier alpha value is -0.770. The molecule has 8 nitrogen and oxygen atoms in total. The van der Waals surface area contributed by atoms with E-state index in [-0.39, 0.29) is 6.54 Å². The van der Waals surface area contributed by atoms with Gasteiger partial charge in [-0.15, -0.1) is 0 Å². The van der Waals surface area contributed by atoms with Gasteiger partial charge in [0.25, 0.3) is 5.91 Å². The maximum atomic E-state index is 11.3. The molecule has 0 aliphatic carbocycles. The molecule has 4 atom stereocenters. The molecule has 17 heavy (non-hydrogen) atoms. The second-order valence-corrected chi connectivity index (χ2v) is 3.57. The first-order chi connectivity index (χ1) is 7.95. The maximum Gasteiger partial charge on any atom is 0.251 e. The van der Waals surface area contributed by atoms with Crippen LogP contribution in [0.25, 0.3) is 0 Å². The lowest BCUT2D eigenvalue weighted by atomic mass is 10.0. The summed E-state index contributed by atoms with van der Waals surface area (Å²) < 4.78 is 0. The highest BCUT2D eigenvalue weighted by molar-refractivity contribution is 5.81. The summed E-state index contributed by atoms with van der Waals surface area (Å²) in [6, 6.07) is 0. The van der Waals surface area contributed by atoms with Crippen LogP contribution in [0.15, 0.2) is 0 Å². The fourth-order valence-corrected chi connectivity index (χ4v) is 1.09. The van der Waals surface area contributed by atoms with Gasteiger partial charge >= 0.3 is 0 Å². The van der Waals surface area contributed by atoms with Crippen molar-refractivity contribution in [2.75, 3.05) is 26.7 Å². The smallest absolute Gasteiger partial charge is 0.251 e. The Morgan fingerprint density at radius 1 is 1.12 bits per heavy atom. The number of carbonyl (C=O) groups is 1. The molecule has 102 valence electrons. The molecule has 0 aromatic heterocycles. The molecule has 0 rings (SSSR count). The average Bonchev–Trinajstić information content (AvgIpc) is 2.35. The fourth-order valence-electron chi connectivity index (χ4n) is 1.09. The molecular formula is C9H20N2O6. The van der Waals surface area contributed by atoms with E-state index in [1.165, 1.54) is 0 Å². The molecule has 0 bridgehead atoms. The molecule has 0 aliphatic rings. The van der Waals surface area contributed by atoms with Crippen molar-refractivity contribution in [1.29, 1.82) is 0 Å². The maximum absolute atomic E-state index is 11.3. The molecule has 0 unspecified atom stereocenters. The van der Waals surface area contributed by atoms with Crippen LogP contribution in [0.2, 0.25) is 0 Å². The highest BCUT2D eigenvalue weighted by atomic mass is 16.4. The van der Waals surface area contributed by atoms with E-state index in [1.54, 1.807) is 7.05 Å². The molecule has 0 aromatic rings. The Balaban J connectivity index is 4.18. The summed E-state index contributed by atoms with van der Waals surface area (Å²) in [5.74, 6) is -0.864. The van der Waals surface area contributed by atoms with Crippen molar-refractivity contribution in [1.82, 2.24) is 10.6 Å². The Kier molecular flexibility index (Phi) is 7.96. The van der Waals surface area contributed by atoms with E-state index in [4.69, 9.17) is 10.2 Å². The Morgan fingerprint density at radius 3 is 2.18 bits per heavy atom. The normalized spacial score (nSPS) is 18.2. The minimum atomic E-state index is -1.87. The van der Waals surface area contributed by atoms with Gasteiger partial charge in [-0.1, -0.05) is 0 Å². The summed E-state index contributed by atoms with van der Waals surface area (Å²) in [5, 5.41) is 50.6. The molecule has 1 amide bonds. The van der Waals surface area contributed by atoms with E-state index in [1.807, 2.05) is 0 Å². The SMILES string of the molecule is CNCCNC(=O)[C@H](O)[C@@H](O)[C@H](O)[C@H](O)CO. The van der Waals surface area contributed by atoms with Crippen molar-refractivity contribution in [2.24, 2.45) is 0 Å². The zero-order valence-corrected chi connectivity index (χ0v) is 9.58.